The first-order valence-electron chi connectivity index (χ1n) is 4.28. The van der Waals surface area contributed by atoms with Crippen molar-refractivity contribution in [2.75, 3.05) is 6.61 Å². The lowest BCUT2D eigenvalue weighted by Crippen LogP contribution is -1.99. The molecule has 0 saturated carbocycles. The zero-order chi connectivity index (χ0) is 9.26. The van der Waals surface area contributed by atoms with Gasteiger partial charge in [-0.2, -0.15) is 0 Å². The van der Waals surface area contributed by atoms with E-state index in [0.717, 1.165) is 12.2 Å². The molecule has 1 aromatic carbocycles. The number of ether oxygens (including phenoxy) is 1. The minimum atomic E-state index is 0.0746. The molecule has 1 aliphatic rings. The van der Waals surface area contributed by atoms with Crippen LogP contribution in [-0.2, 0) is 4.74 Å². The van der Waals surface area contributed by atoms with Crippen molar-refractivity contribution >= 4 is 15.9 Å². The highest BCUT2D eigenvalue weighted by molar-refractivity contribution is 9.09. The fraction of sp³-hybridized carbons (Fsp3) is 0.273. The smallest absolute Gasteiger partial charge is 0.105 e. The maximum atomic E-state index is 5.62. The van der Waals surface area contributed by atoms with Crippen LogP contribution in [0.4, 0.5) is 0 Å². The Morgan fingerprint density at radius 1 is 1.31 bits per heavy atom. The molecule has 2 heteroatoms. The molecular formula is C11H11BrO. The van der Waals surface area contributed by atoms with Gasteiger partial charge >= 0.3 is 0 Å². The predicted molar refractivity (Wildman–Crippen MR) is 57.0 cm³/mol. The van der Waals surface area contributed by atoms with Gasteiger partial charge in [-0.3, -0.25) is 0 Å². The lowest BCUT2D eigenvalue weighted by molar-refractivity contribution is 0.126. The minimum absolute atomic E-state index is 0.0746. The lowest BCUT2D eigenvalue weighted by Gasteiger charge is -2.10. The summed E-state index contributed by atoms with van der Waals surface area (Å²) < 4.78 is 5.62. The molecule has 2 rings (SSSR count). The first-order valence-corrected chi connectivity index (χ1v) is 5.20. The molecule has 0 radical (unpaired) electrons. The van der Waals surface area contributed by atoms with Gasteiger partial charge in [-0.15, -0.1) is 0 Å². The molecule has 0 N–H and O–H groups in total. The van der Waals surface area contributed by atoms with Gasteiger partial charge in [0, 0.05) is 0 Å². The molecule has 1 fully saturated rings. The van der Waals surface area contributed by atoms with E-state index < -0.39 is 0 Å². The molecule has 1 aliphatic heterocycles. The van der Waals surface area contributed by atoms with Crippen molar-refractivity contribution in [3.8, 4) is 0 Å². The summed E-state index contributed by atoms with van der Waals surface area (Å²) in [4.78, 5) is 0.303. The third-order valence-electron chi connectivity index (χ3n) is 2.25. The SMILES string of the molecule is C=C1[C@H](Br)CO[C@H]1c1ccccc1. The van der Waals surface area contributed by atoms with Crippen molar-refractivity contribution in [3.05, 3.63) is 48.0 Å². The summed E-state index contributed by atoms with van der Waals surface area (Å²) in [6.45, 7) is 4.74. The highest BCUT2D eigenvalue weighted by Crippen LogP contribution is 2.36. The quantitative estimate of drug-likeness (QED) is 0.540. The molecule has 0 amide bonds. The van der Waals surface area contributed by atoms with Crippen molar-refractivity contribution in [2.24, 2.45) is 0 Å². The molecule has 1 aromatic rings. The zero-order valence-corrected chi connectivity index (χ0v) is 8.83. The van der Waals surface area contributed by atoms with Crippen LogP contribution < -0.4 is 0 Å². The van der Waals surface area contributed by atoms with E-state index in [1.54, 1.807) is 0 Å². The molecule has 68 valence electrons. The molecule has 0 unspecified atom stereocenters. The summed E-state index contributed by atoms with van der Waals surface area (Å²) in [5.41, 5.74) is 2.31. The number of hydrogen-bond donors (Lipinski definition) is 0. The predicted octanol–water partition coefficient (Wildman–Crippen LogP) is 3.08. The van der Waals surface area contributed by atoms with Gasteiger partial charge in [-0.25, -0.2) is 0 Å². The van der Waals surface area contributed by atoms with Crippen LogP contribution in [0.5, 0.6) is 0 Å². The average Bonchev–Trinajstić information content (AvgIpc) is 2.49. The second-order valence-corrected chi connectivity index (χ2v) is 4.27. The molecule has 1 heterocycles. The fourth-order valence-corrected chi connectivity index (χ4v) is 1.89. The molecular weight excluding hydrogens is 228 g/mol. The Morgan fingerprint density at radius 2 is 2.00 bits per heavy atom. The molecule has 0 aliphatic carbocycles. The summed E-state index contributed by atoms with van der Waals surface area (Å²) in [5.74, 6) is 0. The van der Waals surface area contributed by atoms with Crippen LogP contribution in [0, 0.1) is 0 Å². The van der Waals surface area contributed by atoms with Crippen molar-refractivity contribution in [3.63, 3.8) is 0 Å². The van der Waals surface area contributed by atoms with Crippen molar-refractivity contribution < 1.29 is 4.74 Å². The molecule has 13 heavy (non-hydrogen) atoms. The number of alkyl halides is 1. The van der Waals surface area contributed by atoms with Gasteiger partial charge in [0.2, 0.25) is 0 Å². The van der Waals surface area contributed by atoms with E-state index in [-0.39, 0.29) is 6.10 Å². The van der Waals surface area contributed by atoms with Crippen molar-refractivity contribution in [2.45, 2.75) is 10.9 Å². The Bertz CT molecular complexity index is 307. The summed E-state index contributed by atoms with van der Waals surface area (Å²) in [7, 11) is 0. The average molecular weight is 239 g/mol. The van der Waals surface area contributed by atoms with Gasteiger partial charge in [0.05, 0.1) is 11.4 Å². The Morgan fingerprint density at radius 3 is 2.54 bits per heavy atom. The van der Waals surface area contributed by atoms with E-state index in [2.05, 4.69) is 34.6 Å². The van der Waals surface area contributed by atoms with Crippen molar-refractivity contribution in [1.29, 1.82) is 0 Å². The van der Waals surface area contributed by atoms with E-state index in [1.165, 1.54) is 5.56 Å². The largest absolute Gasteiger partial charge is 0.368 e. The van der Waals surface area contributed by atoms with Gasteiger partial charge in [0.15, 0.2) is 0 Å². The van der Waals surface area contributed by atoms with Crippen LogP contribution in [0.1, 0.15) is 11.7 Å². The molecule has 0 aromatic heterocycles. The second kappa shape index (κ2) is 3.64. The third-order valence-corrected chi connectivity index (χ3v) is 3.10. The molecule has 2 atom stereocenters. The summed E-state index contributed by atoms with van der Waals surface area (Å²) in [5, 5.41) is 0. The third kappa shape index (κ3) is 1.69. The zero-order valence-electron chi connectivity index (χ0n) is 7.24. The van der Waals surface area contributed by atoms with Crippen LogP contribution in [0.2, 0.25) is 0 Å². The molecule has 0 bridgehead atoms. The Kier molecular flexibility index (Phi) is 2.51. The molecule has 1 nitrogen and oxygen atoms in total. The maximum Gasteiger partial charge on any atom is 0.105 e. The fourth-order valence-electron chi connectivity index (χ4n) is 1.50. The van der Waals surface area contributed by atoms with Gasteiger partial charge < -0.3 is 4.74 Å². The van der Waals surface area contributed by atoms with E-state index in [4.69, 9.17) is 4.74 Å². The molecule has 0 spiro atoms. The minimum Gasteiger partial charge on any atom is -0.368 e. The van der Waals surface area contributed by atoms with Crippen LogP contribution >= 0.6 is 15.9 Å². The first-order chi connectivity index (χ1) is 6.29. The summed E-state index contributed by atoms with van der Waals surface area (Å²) >= 11 is 3.52. The monoisotopic (exact) mass is 238 g/mol. The van der Waals surface area contributed by atoms with E-state index in [1.807, 2.05) is 18.2 Å². The van der Waals surface area contributed by atoms with E-state index in [9.17, 15) is 0 Å². The Labute approximate surface area is 86.5 Å². The summed E-state index contributed by atoms with van der Waals surface area (Å²) in [6, 6.07) is 10.2. The van der Waals surface area contributed by atoms with E-state index in [0.29, 0.717) is 4.83 Å². The number of benzene rings is 1. The first kappa shape index (κ1) is 8.97. The lowest BCUT2D eigenvalue weighted by atomic mass is 10.0. The van der Waals surface area contributed by atoms with Crippen LogP contribution in [0.15, 0.2) is 42.5 Å². The highest BCUT2D eigenvalue weighted by atomic mass is 79.9. The van der Waals surface area contributed by atoms with Gasteiger partial charge in [0.1, 0.15) is 6.10 Å². The Hall–Kier alpha value is -0.600. The maximum absolute atomic E-state index is 5.62. The number of halogens is 1. The topological polar surface area (TPSA) is 9.23 Å². The molecule has 1 saturated heterocycles. The van der Waals surface area contributed by atoms with Crippen LogP contribution in [0.3, 0.4) is 0 Å². The second-order valence-electron chi connectivity index (χ2n) is 3.17. The van der Waals surface area contributed by atoms with Gasteiger partial charge in [-0.1, -0.05) is 52.8 Å². The summed E-state index contributed by atoms with van der Waals surface area (Å²) in [6.07, 6.45) is 0.0746. The van der Waals surface area contributed by atoms with Crippen LogP contribution in [-0.4, -0.2) is 11.4 Å². The van der Waals surface area contributed by atoms with Crippen LogP contribution in [0.25, 0.3) is 0 Å². The Balaban J connectivity index is 2.24. The highest BCUT2D eigenvalue weighted by Gasteiger charge is 2.28. The van der Waals surface area contributed by atoms with Crippen molar-refractivity contribution in [1.82, 2.24) is 0 Å². The standard InChI is InChI=1S/C11H11BrO/c1-8-10(12)7-13-11(8)9-5-3-2-4-6-9/h2-6,10-11H,1,7H2/t10-,11-/m1/s1. The van der Waals surface area contributed by atoms with E-state index >= 15 is 0 Å². The number of hydrogen-bond acceptors (Lipinski definition) is 1. The normalized spacial score (nSPS) is 27.9. The van der Waals surface area contributed by atoms with Gasteiger partial charge in [-0.05, 0) is 11.1 Å². The number of rotatable bonds is 1. The van der Waals surface area contributed by atoms with Gasteiger partial charge in [0.25, 0.3) is 0 Å².